The molecule has 92 valence electrons. The fourth-order valence-corrected chi connectivity index (χ4v) is 2.34. The number of aromatic nitrogens is 1. The first-order valence-corrected chi connectivity index (χ1v) is 6.56. The minimum atomic E-state index is -0.508. The number of carbonyl (C=O) groups is 1. The van der Waals surface area contributed by atoms with Crippen molar-refractivity contribution in [2.75, 3.05) is 11.9 Å². The summed E-state index contributed by atoms with van der Waals surface area (Å²) in [6.07, 6.45) is 3.43. The van der Waals surface area contributed by atoms with E-state index in [-0.39, 0.29) is 5.91 Å². The molecular weight excluding hydrogens is 305 g/mol. The number of hydrogen-bond donors (Lipinski definition) is 2. The lowest BCUT2D eigenvalue weighted by atomic mass is 9.99. The van der Waals surface area contributed by atoms with Crippen molar-refractivity contribution in [3.63, 3.8) is 0 Å². The van der Waals surface area contributed by atoms with Crippen molar-refractivity contribution in [1.82, 2.24) is 10.3 Å². The lowest BCUT2D eigenvalue weighted by molar-refractivity contribution is -0.121. The van der Waals surface area contributed by atoms with Gasteiger partial charge in [0, 0.05) is 10.7 Å². The molecule has 4 nitrogen and oxygen atoms in total. The number of rotatable bonds is 2. The van der Waals surface area contributed by atoms with Crippen LogP contribution in [0.1, 0.15) is 19.8 Å². The summed E-state index contributed by atoms with van der Waals surface area (Å²) in [5.74, 6) is -0.0724. The largest absolute Gasteiger partial charge is 0.322 e. The van der Waals surface area contributed by atoms with Crippen molar-refractivity contribution >= 4 is 39.1 Å². The molecule has 1 saturated heterocycles. The Kier molecular flexibility index (Phi) is 3.70. The van der Waals surface area contributed by atoms with Crippen LogP contribution in [0.2, 0.25) is 5.15 Å². The fourth-order valence-electron chi connectivity index (χ4n) is 1.86. The van der Waals surface area contributed by atoms with E-state index < -0.39 is 5.54 Å². The third-order valence-corrected chi connectivity index (χ3v) is 3.66. The highest BCUT2D eigenvalue weighted by molar-refractivity contribution is 9.10. The average molecular weight is 319 g/mol. The highest BCUT2D eigenvalue weighted by atomic mass is 79.9. The number of amides is 1. The molecule has 0 aromatic carbocycles. The lowest BCUT2D eigenvalue weighted by Crippen LogP contribution is -2.48. The van der Waals surface area contributed by atoms with Gasteiger partial charge in [0.05, 0.1) is 11.2 Å². The Labute approximate surface area is 113 Å². The molecule has 17 heavy (non-hydrogen) atoms. The molecule has 1 aliphatic rings. The van der Waals surface area contributed by atoms with Crippen LogP contribution >= 0.6 is 27.5 Å². The summed E-state index contributed by atoms with van der Waals surface area (Å²) in [7, 11) is 0. The maximum absolute atomic E-state index is 12.1. The Morgan fingerprint density at radius 3 is 3.12 bits per heavy atom. The van der Waals surface area contributed by atoms with Gasteiger partial charge in [-0.25, -0.2) is 4.98 Å². The van der Waals surface area contributed by atoms with Crippen molar-refractivity contribution in [2.45, 2.75) is 25.3 Å². The zero-order valence-electron chi connectivity index (χ0n) is 9.39. The van der Waals surface area contributed by atoms with E-state index in [0.717, 1.165) is 23.9 Å². The van der Waals surface area contributed by atoms with Crippen LogP contribution in [0.4, 0.5) is 5.69 Å². The molecular formula is C11H13BrClN3O. The fraction of sp³-hybridized carbons (Fsp3) is 0.455. The lowest BCUT2D eigenvalue weighted by Gasteiger charge is -2.23. The second-order valence-electron chi connectivity index (χ2n) is 4.31. The smallest absolute Gasteiger partial charge is 0.244 e. The van der Waals surface area contributed by atoms with Gasteiger partial charge < -0.3 is 10.6 Å². The van der Waals surface area contributed by atoms with E-state index in [1.54, 1.807) is 12.3 Å². The van der Waals surface area contributed by atoms with Gasteiger partial charge in [0.25, 0.3) is 0 Å². The van der Waals surface area contributed by atoms with E-state index in [2.05, 4.69) is 31.5 Å². The summed E-state index contributed by atoms with van der Waals surface area (Å²) in [6.45, 7) is 2.77. The highest BCUT2D eigenvalue weighted by Crippen LogP contribution is 2.26. The molecule has 1 aromatic rings. The second kappa shape index (κ2) is 4.92. The molecule has 2 rings (SSSR count). The molecule has 2 N–H and O–H groups in total. The van der Waals surface area contributed by atoms with Gasteiger partial charge in [0.2, 0.25) is 5.91 Å². The number of halogens is 2. The molecule has 2 heterocycles. The molecule has 0 spiro atoms. The molecule has 1 fully saturated rings. The quantitative estimate of drug-likeness (QED) is 0.824. The standard InChI is InChI=1S/C11H13BrClN3O/c1-11(3-2-4-15-11)10(17)16-8-5-7(12)6-14-9(8)13/h5-6,15H,2-4H2,1H3,(H,16,17). The molecule has 0 radical (unpaired) electrons. The van der Waals surface area contributed by atoms with Gasteiger partial charge in [-0.2, -0.15) is 0 Å². The van der Waals surface area contributed by atoms with E-state index in [0.29, 0.717) is 10.8 Å². The van der Waals surface area contributed by atoms with E-state index in [1.807, 2.05) is 6.92 Å². The third-order valence-electron chi connectivity index (χ3n) is 2.92. The number of carbonyl (C=O) groups excluding carboxylic acids is 1. The van der Waals surface area contributed by atoms with Gasteiger partial charge in [-0.05, 0) is 48.3 Å². The SMILES string of the molecule is CC1(C(=O)Nc2cc(Br)cnc2Cl)CCCN1. The Balaban J connectivity index is 2.15. The predicted molar refractivity (Wildman–Crippen MR) is 71.2 cm³/mol. The Morgan fingerprint density at radius 2 is 2.47 bits per heavy atom. The highest BCUT2D eigenvalue weighted by Gasteiger charge is 2.36. The zero-order chi connectivity index (χ0) is 12.5. The zero-order valence-corrected chi connectivity index (χ0v) is 11.7. The predicted octanol–water partition coefficient (Wildman–Crippen LogP) is 2.58. The van der Waals surface area contributed by atoms with E-state index in [4.69, 9.17) is 11.6 Å². The van der Waals surface area contributed by atoms with E-state index in [9.17, 15) is 4.79 Å². The Bertz CT molecular complexity index is 446. The summed E-state index contributed by atoms with van der Waals surface area (Å²) in [4.78, 5) is 16.1. The van der Waals surface area contributed by atoms with Crippen LogP contribution in [0.15, 0.2) is 16.7 Å². The van der Waals surface area contributed by atoms with Gasteiger partial charge >= 0.3 is 0 Å². The Hall–Kier alpha value is -0.650. The molecule has 1 amide bonds. The van der Waals surface area contributed by atoms with Gasteiger partial charge in [0.1, 0.15) is 0 Å². The third kappa shape index (κ3) is 2.78. The second-order valence-corrected chi connectivity index (χ2v) is 5.58. The molecule has 1 atom stereocenters. The summed E-state index contributed by atoms with van der Waals surface area (Å²) in [6, 6.07) is 1.74. The minimum Gasteiger partial charge on any atom is -0.322 e. The minimum absolute atomic E-state index is 0.0724. The molecule has 0 aliphatic carbocycles. The van der Waals surface area contributed by atoms with Gasteiger partial charge in [0.15, 0.2) is 5.15 Å². The van der Waals surface area contributed by atoms with Gasteiger partial charge in [-0.3, -0.25) is 4.79 Å². The first-order valence-electron chi connectivity index (χ1n) is 5.39. The molecule has 1 unspecified atom stereocenters. The molecule has 1 aromatic heterocycles. The summed E-state index contributed by atoms with van der Waals surface area (Å²) in [5.41, 5.74) is 0.0204. The topological polar surface area (TPSA) is 54.0 Å². The summed E-state index contributed by atoms with van der Waals surface area (Å²) < 4.78 is 0.779. The van der Waals surface area contributed by atoms with Crippen molar-refractivity contribution in [1.29, 1.82) is 0 Å². The van der Waals surface area contributed by atoms with Crippen LogP contribution in [-0.2, 0) is 4.79 Å². The van der Waals surface area contributed by atoms with Crippen LogP contribution in [0.5, 0.6) is 0 Å². The number of pyridine rings is 1. The normalized spacial score (nSPS) is 23.7. The number of nitrogens with zero attached hydrogens (tertiary/aromatic N) is 1. The monoisotopic (exact) mass is 317 g/mol. The number of hydrogen-bond acceptors (Lipinski definition) is 3. The van der Waals surface area contributed by atoms with Crippen molar-refractivity contribution in [3.05, 3.63) is 21.9 Å². The van der Waals surface area contributed by atoms with Crippen LogP contribution in [-0.4, -0.2) is 23.0 Å². The van der Waals surface area contributed by atoms with E-state index in [1.165, 1.54) is 0 Å². The van der Waals surface area contributed by atoms with Gasteiger partial charge in [-0.15, -0.1) is 0 Å². The van der Waals surface area contributed by atoms with Crippen LogP contribution < -0.4 is 10.6 Å². The maximum Gasteiger partial charge on any atom is 0.244 e. The van der Waals surface area contributed by atoms with Crippen molar-refractivity contribution in [3.8, 4) is 0 Å². The van der Waals surface area contributed by atoms with Crippen LogP contribution in [0.3, 0.4) is 0 Å². The molecule has 6 heteroatoms. The molecule has 0 saturated carbocycles. The Morgan fingerprint density at radius 1 is 1.71 bits per heavy atom. The average Bonchev–Trinajstić information content (AvgIpc) is 2.72. The summed E-state index contributed by atoms with van der Waals surface area (Å²) in [5, 5.41) is 6.30. The van der Waals surface area contributed by atoms with Crippen LogP contribution in [0.25, 0.3) is 0 Å². The van der Waals surface area contributed by atoms with E-state index >= 15 is 0 Å². The summed E-state index contributed by atoms with van der Waals surface area (Å²) >= 11 is 9.22. The first-order chi connectivity index (χ1) is 8.01. The molecule has 0 bridgehead atoms. The van der Waals surface area contributed by atoms with Crippen molar-refractivity contribution < 1.29 is 4.79 Å². The maximum atomic E-state index is 12.1. The molecule has 1 aliphatic heterocycles. The van der Waals surface area contributed by atoms with Crippen LogP contribution in [0, 0.1) is 0 Å². The number of nitrogens with one attached hydrogen (secondary N) is 2. The first kappa shape index (κ1) is 12.8. The van der Waals surface area contributed by atoms with Gasteiger partial charge in [-0.1, -0.05) is 11.6 Å². The number of anilines is 1. The van der Waals surface area contributed by atoms with Crippen molar-refractivity contribution in [2.24, 2.45) is 0 Å².